The van der Waals surface area contributed by atoms with Gasteiger partial charge in [-0.15, -0.1) is 0 Å². The standard InChI is InChI=1S/C12H22O4/c1-3-5-7-9-12(10(13)14,11(15)16)8-6-4-2/h3-9H2,1-2H3,(H,13,14)(H,15,16). The highest BCUT2D eigenvalue weighted by atomic mass is 16.4. The van der Waals surface area contributed by atoms with Crippen molar-refractivity contribution in [3.8, 4) is 0 Å². The second-order valence-electron chi connectivity index (χ2n) is 4.25. The monoisotopic (exact) mass is 230 g/mol. The largest absolute Gasteiger partial charge is 0.480 e. The quantitative estimate of drug-likeness (QED) is 0.471. The van der Waals surface area contributed by atoms with Crippen LogP contribution in [0.4, 0.5) is 0 Å². The zero-order valence-electron chi connectivity index (χ0n) is 10.2. The first-order valence-corrected chi connectivity index (χ1v) is 5.98. The van der Waals surface area contributed by atoms with E-state index in [-0.39, 0.29) is 12.8 Å². The lowest BCUT2D eigenvalue weighted by Gasteiger charge is -2.24. The molecule has 0 unspecified atom stereocenters. The lowest BCUT2D eigenvalue weighted by atomic mass is 9.78. The van der Waals surface area contributed by atoms with Crippen molar-refractivity contribution in [2.24, 2.45) is 5.41 Å². The molecule has 0 bridgehead atoms. The molecule has 0 aromatic rings. The molecular weight excluding hydrogens is 208 g/mol. The number of hydrogen-bond donors (Lipinski definition) is 2. The van der Waals surface area contributed by atoms with Gasteiger partial charge in [0, 0.05) is 0 Å². The van der Waals surface area contributed by atoms with Crippen LogP contribution in [0.5, 0.6) is 0 Å². The molecule has 0 atom stereocenters. The van der Waals surface area contributed by atoms with Crippen molar-refractivity contribution in [3.63, 3.8) is 0 Å². The third kappa shape index (κ3) is 3.83. The molecule has 0 aliphatic carbocycles. The van der Waals surface area contributed by atoms with Crippen molar-refractivity contribution in [1.82, 2.24) is 0 Å². The number of carboxylic acids is 2. The van der Waals surface area contributed by atoms with Crippen LogP contribution in [0, 0.1) is 5.41 Å². The predicted octanol–water partition coefficient (Wildman–Crippen LogP) is 2.91. The van der Waals surface area contributed by atoms with Gasteiger partial charge in [0.1, 0.15) is 0 Å². The Balaban J connectivity index is 4.66. The summed E-state index contributed by atoms with van der Waals surface area (Å²) in [5, 5.41) is 18.3. The van der Waals surface area contributed by atoms with Gasteiger partial charge < -0.3 is 10.2 Å². The molecular formula is C12H22O4. The van der Waals surface area contributed by atoms with Gasteiger partial charge in [-0.1, -0.05) is 46.0 Å². The van der Waals surface area contributed by atoms with E-state index in [0.717, 1.165) is 19.3 Å². The van der Waals surface area contributed by atoms with E-state index in [1.807, 2.05) is 13.8 Å². The van der Waals surface area contributed by atoms with Crippen molar-refractivity contribution in [3.05, 3.63) is 0 Å². The lowest BCUT2D eigenvalue weighted by molar-refractivity contribution is -0.166. The molecule has 0 aromatic heterocycles. The van der Waals surface area contributed by atoms with Crippen LogP contribution >= 0.6 is 0 Å². The summed E-state index contributed by atoms with van der Waals surface area (Å²) in [4.78, 5) is 22.4. The Labute approximate surface area is 96.7 Å². The minimum atomic E-state index is -1.56. The third-order valence-corrected chi connectivity index (χ3v) is 2.98. The van der Waals surface area contributed by atoms with E-state index in [2.05, 4.69) is 0 Å². The number of rotatable bonds is 9. The van der Waals surface area contributed by atoms with Crippen LogP contribution in [-0.2, 0) is 9.59 Å². The molecule has 0 heterocycles. The van der Waals surface area contributed by atoms with Crippen LogP contribution in [-0.4, -0.2) is 22.2 Å². The van der Waals surface area contributed by atoms with Gasteiger partial charge >= 0.3 is 11.9 Å². The topological polar surface area (TPSA) is 74.6 Å². The number of carboxylic acid groups (broad SMARTS) is 2. The minimum absolute atomic E-state index is 0.234. The molecule has 0 rings (SSSR count). The van der Waals surface area contributed by atoms with Gasteiger partial charge in [-0.05, 0) is 12.8 Å². The van der Waals surface area contributed by atoms with Crippen LogP contribution in [0.15, 0.2) is 0 Å². The second kappa shape index (κ2) is 7.25. The summed E-state index contributed by atoms with van der Waals surface area (Å²) in [6.07, 6.45) is 4.44. The van der Waals surface area contributed by atoms with Crippen molar-refractivity contribution in [1.29, 1.82) is 0 Å². The molecule has 2 N–H and O–H groups in total. The highest BCUT2D eigenvalue weighted by Gasteiger charge is 2.45. The molecule has 0 spiro atoms. The van der Waals surface area contributed by atoms with Crippen molar-refractivity contribution < 1.29 is 19.8 Å². The summed E-state index contributed by atoms with van der Waals surface area (Å²) in [5.41, 5.74) is -1.56. The maximum Gasteiger partial charge on any atom is 0.321 e. The summed E-state index contributed by atoms with van der Waals surface area (Å²) < 4.78 is 0. The van der Waals surface area contributed by atoms with Crippen LogP contribution in [0.2, 0.25) is 0 Å². The lowest BCUT2D eigenvalue weighted by Crippen LogP contribution is -2.39. The van der Waals surface area contributed by atoms with E-state index in [1.54, 1.807) is 0 Å². The van der Waals surface area contributed by atoms with E-state index in [0.29, 0.717) is 12.8 Å². The Morgan fingerprint density at radius 2 is 1.31 bits per heavy atom. The number of carbonyl (C=O) groups is 2. The molecule has 4 heteroatoms. The molecule has 0 saturated carbocycles. The fourth-order valence-corrected chi connectivity index (χ4v) is 1.80. The number of unbranched alkanes of at least 4 members (excludes halogenated alkanes) is 3. The predicted molar refractivity (Wildman–Crippen MR) is 61.4 cm³/mol. The van der Waals surface area contributed by atoms with Gasteiger partial charge in [-0.2, -0.15) is 0 Å². The van der Waals surface area contributed by atoms with Crippen LogP contribution in [0.3, 0.4) is 0 Å². The Kier molecular flexibility index (Phi) is 6.77. The van der Waals surface area contributed by atoms with E-state index in [4.69, 9.17) is 10.2 Å². The molecule has 0 aliphatic rings. The normalized spacial score (nSPS) is 11.4. The Morgan fingerprint density at radius 1 is 0.875 bits per heavy atom. The highest BCUT2D eigenvalue weighted by Crippen LogP contribution is 2.32. The minimum Gasteiger partial charge on any atom is -0.480 e. The van der Waals surface area contributed by atoms with E-state index >= 15 is 0 Å². The number of aliphatic carboxylic acids is 2. The molecule has 0 amide bonds. The van der Waals surface area contributed by atoms with Crippen LogP contribution in [0.25, 0.3) is 0 Å². The highest BCUT2D eigenvalue weighted by molar-refractivity contribution is 5.98. The molecule has 0 aliphatic heterocycles. The number of hydrogen-bond acceptors (Lipinski definition) is 2. The van der Waals surface area contributed by atoms with Crippen LogP contribution in [0.1, 0.15) is 58.8 Å². The fraction of sp³-hybridized carbons (Fsp3) is 0.833. The molecule has 94 valence electrons. The van der Waals surface area contributed by atoms with E-state index in [9.17, 15) is 9.59 Å². The van der Waals surface area contributed by atoms with Crippen LogP contribution < -0.4 is 0 Å². The summed E-state index contributed by atoms with van der Waals surface area (Å²) in [6.45, 7) is 3.94. The van der Waals surface area contributed by atoms with Gasteiger partial charge in [0.2, 0.25) is 0 Å². The van der Waals surface area contributed by atoms with E-state index < -0.39 is 17.4 Å². The maximum absolute atomic E-state index is 11.2. The summed E-state index contributed by atoms with van der Waals surface area (Å²) in [6, 6.07) is 0. The first-order valence-electron chi connectivity index (χ1n) is 5.98. The zero-order valence-corrected chi connectivity index (χ0v) is 10.2. The third-order valence-electron chi connectivity index (χ3n) is 2.98. The molecule has 16 heavy (non-hydrogen) atoms. The van der Waals surface area contributed by atoms with Gasteiger partial charge in [-0.3, -0.25) is 9.59 Å². The maximum atomic E-state index is 11.2. The SMILES string of the molecule is CCCCCC(CCCC)(C(=O)O)C(=O)O. The van der Waals surface area contributed by atoms with Crippen molar-refractivity contribution in [2.45, 2.75) is 58.8 Å². The Bertz CT molecular complexity index is 221. The van der Waals surface area contributed by atoms with Gasteiger partial charge in [0.05, 0.1) is 0 Å². The molecule has 0 aromatic carbocycles. The van der Waals surface area contributed by atoms with Gasteiger partial charge in [-0.25, -0.2) is 0 Å². The average molecular weight is 230 g/mol. The summed E-state index contributed by atoms with van der Waals surface area (Å²) >= 11 is 0. The summed E-state index contributed by atoms with van der Waals surface area (Å²) in [5.74, 6) is -2.38. The Morgan fingerprint density at radius 3 is 1.69 bits per heavy atom. The first kappa shape index (κ1) is 14.9. The Hall–Kier alpha value is -1.06. The molecule has 0 radical (unpaired) electrons. The van der Waals surface area contributed by atoms with E-state index in [1.165, 1.54) is 0 Å². The molecule has 0 fully saturated rings. The molecule has 4 nitrogen and oxygen atoms in total. The first-order chi connectivity index (χ1) is 7.51. The molecule has 0 saturated heterocycles. The average Bonchev–Trinajstić information content (AvgIpc) is 2.22. The van der Waals surface area contributed by atoms with Crippen molar-refractivity contribution >= 4 is 11.9 Å². The zero-order chi connectivity index (χ0) is 12.6. The van der Waals surface area contributed by atoms with Gasteiger partial charge in [0.25, 0.3) is 0 Å². The van der Waals surface area contributed by atoms with Gasteiger partial charge in [0.15, 0.2) is 5.41 Å². The van der Waals surface area contributed by atoms with Crippen molar-refractivity contribution in [2.75, 3.05) is 0 Å². The summed E-state index contributed by atoms with van der Waals surface area (Å²) in [7, 11) is 0. The fourth-order valence-electron chi connectivity index (χ4n) is 1.80. The second-order valence-corrected chi connectivity index (χ2v) is 4.25. The smallest absolute Gasteiger partial charge is 0.321 e.